The molecule has 0 spiro atoms. The van der Waals surface area contributed by atoms with Crippen molar-refractivity contribution >= 4 is 38.6 Å². The Morgan fingerprint density at radius 3 is 2.71 bits per heavy atom. The van der Waals surface area contributed by atoms with Gasteiger partial charge < -0.3 is 19.5 Å². The van der Waals surface area contributed by atoms with Gasteiger partial charge in [0.15, 0.2) is 5.58 Å². The Hall–Kier alpha value is -2.11. The number of pyridine rings is 1. The SMILES string of the molecule is CC(=O)N(C)CCN(C)C1CCC(Nc2ncc3oc(C#N)cc3c2Br)CC1. The van der Waals surface area contributed by atoms with Gasteiger partial charge in [-0.25, -0.2) is 4.98 Å². The van der Waals surface area contributed by atoms with Crippen LogP contribution in [-0.2, 0) is 4.79 Å². The maximum Gasteiger partial charge on any atom is 0.219 e. The number of hydrogen-bond acceptors (Lipinski definition) is 6. The van der Waals surface area contributed by atoms with Crippen molar-refractivity contribution in [2.24, 2.45) is 0 Å². The van der Waals surface area contributed by atoms with Crippen LogP contribution in [0.2, 0.25) is 0 Å². The lowest BCUT2D eigenvalue weighted by Gasteiger charge is -2.35. The number of hydrogen-bond donors (Lipinski definition) is 1. The molecule has 1 fully saturated rings. The number of anilines is 1. The van der Waals surface area contributed by atoms with E-state index in [2.05, 4.69) is 38.2 Å². The van der Waals surface area contributed by atoms with Crippen molar-refractivity contribution < 1.29 is 9.21 Å². The Kier molecular flexibility index (Phi) is 6.57. The summed E-state index contributed by atoms with van der Waals surface area (Å²) in [6, 6.07) is 4.67. The minimum absolute atomic E-state index is 0.107. The van der Waals surface area contributed by atoms with Crippen molar-refractivity contribution in [2.75, 3.05) is 32.5 Å². The highest BCUT2D eigenvalue weighted by Gasteiger charge is 2.25. The zero-order valence-electron chi connectivity index (χ0n) is 16.5. The quantitative estimate of drug-likeness (QED) is 0.727. The van der Waals surface area contributed by atoms with E-state index in [-0.39, 0.29) is 11.7 Å². The molecule has 8 heteroatoms. The molecule has 0 atom stereocenters. The molecule has 0 aromatic carbocycles. The molecule has 2 aromatic heterocycles. The minimum atomic E-state index is 0.107. The lowest BCUT2D eigenvalue weighted by atomic mass is 9.90. The van der Waals surface area contributed by atoms with Gasteiger partial charge in [-0.15, -0.1) is 0 Å². The highest BCUT2D eigenvalue weighted by Crippen LogP contribution is 2.33. The fraction of sp³-hybridized carbons (Fsp3) is 0.550. The second kappa shape index (κ2) is 8.93. The van der Waals surface area contributed by atoms with Gasteiger partial charge in [-0.1, -0.05) is 0 Å². The van der Waals surface area contributed by atoms with Crippen LogP contribution < -0.4 is 5.32 Å². The van der Waals surface area contributed by atoms with Crippen molar-refractivity contribution in [3.05, 3.63) is 22.5 Å². The molecule has 7 nitrogen and oxygen atoms in total. The fourth-order valence-electron chi connectivity index (χ4n) is 3.64. The standard InChI is InChI=1S/C20H26BrN5O2/c1-13(27)25(2)8-9-26(3)15-6-4-14(5-7-15)24-20-19(21)17-10-16(11-22)28-18(17)12-23-20/h10,12,14-15H,4-9H2,1-3H3,(H,23,24). The van der Waals surface area contributed by atoms with Crippen LogP contribution in [0.25, 0.3) is 11.0 Å². The van der Waals surface area contributed by atoms with Gasteiger partial charge in [0, 0.05) is 50.6 Å². The van der Waals surface area contributed by atoms with Crippen LogP contribution in [0.4, 0.5) is 5.82 Å². The van der Waals surface area contributed by atoms with Crippen molar-refractivity contribution in [1.82, 2.24) is 14.8 Å². The molecule has 150 valence electrons. The molecule has 1 N–H and O–H groups in total. The third-order valence-electron chi connectivity index (χ3n) is 5.61. The third kappa shape index (κ3) is 4.65. The number of carbonyl (C=O) groups excluding carboxylic acids is 1. The maximum absolute atomic E-state index is 11.3. The first-order valence-electron chi connectivity index (χ1n) is 9.55. The molecule has 1 saturated carbocycles. The third-order valence-corrected chi connectivity index (χ3v) is 6.42. The fourth-order valence-corrected chi connectivity index (χ4v) is 4.16. The Labute approximate surface area is 173 Å². The normalized spacial score (nSPS) is 19.6. The molecule has 1 aliphatic carbocycles. The van der Waals surface area contributed by atoms with Gasteiger partial charge in [-0.05, 0) is 48.7 Å². The highest BCUT2D eigenvalue weighted by atomic mass is 79.9. The summed E-state index contributed by atoms with van der Waals surface area (Å²) in [6.07, 6.45) is 6.02. The van der Waals surface area contributed by atoms with Gasteiger partial charge in [0.25, 0.3) is 0 Å². The van der Waals surface area contributed by atoms with E-state index in [1.54, 1.807) is 24.1 Å². The van der Waals surface area contributed by atoms with Crippen LogP contribution >= 0.6 is 15.9 Å². The molecule has 1 amide bonds. The number of likely N-dealkylation sites (N-methyl/N-ethyl adjacent to an activating group) is 2. The number of halogens is 1. The van der Waals surface area contributed by atoms with E-state index in [0.29, 0.717) is 17.7 Å². The molecule has 0 saturated heterocycles. The number of fused-ring (bicyclic) bond motifs is 1. The Morgan fingerprint density at radius 2 is 2.07 bits per heavy atom. The Bertz CT molecular complexity index is 883. The predicted molar refractivity (Wildman–Crippen MR) is 112 cm³/mol. The lowest BCUT2D eigenvalue weighted by molar-refractivity contribution is -0.127. The van der Waals surface area contributed by atoms with Crippen molar-refractivity contribution in [1.29, 1.82) is 5.26 Å². The van der Waals surface area contributed by atoms with E-state index in [4.69, 9.17) is 9.68 Å². The molecule has 28 heavy (non-hydrogen) atoms. The van der Waals surface area contributed by atoms with Gasteiger partial charge in [-0.3, -0.25) is 4.79 Å². The number of aromatic nitrogens is 1. The molecular formula is C20H26BrN5O2. The summed E-state index contributed by atoms with van der Waals surface area (Å²) in [6.45, 7) is 3.26. The minimum Gasteiger partial charge on any atom is -0.444 e. The van der Waals surface area contributed by atoms with Crippen molar-refractivity contribution in [3.63, 3.8) is 0 Å². The molecular weight excluding hydrogens is 422 g/mol. The summed E-state index contributed by atoms with van der Waals surface area (Å²) in [7, 11) is 3.99. The van der Waals surface area contributed by atoms with Crippen LogP contribution in [0.1, 0.15) is 38.4 Å². The zero-order chi connectivity index (χ0) is 20.3. The van der Waals surface area contributed by atoms with Gasteiger partial charge in [0.2, 0.25) is 11.7 Å². The van der Waals surface area contributed by atoms with Crippen molar-refractivity contribution in [2.45, 2.75) is 44.7 Å². The largest absolute Gasteiger partial charge is 0.444 e. The molecule has 2 heterocycles. The second-order valence-electron chi connectivity index (χ2n) is 7.49. The first-order valence-corrected chi connectivity index (χ1v) is 10.3. The molecule has 1 aliphatic rings. The summed E-state index contributed by atoms with van der Waals surface area (Å²) in [5.74, 6) is 1.18. The average molecular weight is 448 g/mol. The van der Waals surface area contributed by atoms with Crippen LogP contribution in [0.15, 0.2) is 21.2 Å². The van der Waals surface area contributed by atoms with Crippen LogP contribution in [-0.4, -0.2) is 60.0 Å². The maximum atomic E-state index is 11.3. The Morgan fingerprint density at radius 1 is 1.36 bits per heavy atom. The number of amides is 1. The summed E-state index contributed by atoms with van der Waals surface area (Å²) in [4.78, 5) is 19.9. The van der Waals surface area contributed by atoms with E-state index in [1.165, 1.54) is 0 Å². The van der Waals surface area contributed by atoms with Gasteiger partial charge >= 0.3 is 0 Å². The van der Waals surface area contributed by atoms with E-state index in [1.807, 2.05) is 13.1 Å². The number of nitrogens with zero attached hydrogens (tertiary/aromatic N) is 4. The summed E-state index contributed by atoms with van der Waals surface area (Å²) in [5.41, 5.74) is 0.606. The number of furan rings is 1. The molecule has 2 aromatic rings. The van der Waals surface area contributed by atoms with E-state index < -0.39 is 0 Å². The first kappa shape index (κ1) is 20.6. The molecule has 0 radical (unpaired) electrons. The summed E-state index contributed by atoms with van der Waals surface area (Å²) in [5, 5.41) is 13.4. The van der Waals surface area contributed by atoms with E-state index >= 15 is 0 Å². The summed E-state index contributed by atoms with van der Waals surface area (Å²) < 4.78 is 6.26. The predicted octanol–water partition coefficient (Wildman–Crippen LogP) is 3.60. The molecule has 0 bridgehead atoms. The highest BCUT2D eigenvalue weighted by molar-refractivity contribution is 9.10. The van der Waals surface area contributed by atoms with Gasteiger partial charge in [0.05, 0.1) is 10.7 Å². The van der Waals surface area contributed by atoms with Crippen LogP contribution in [0.5, 0.6) is 0 Å². The van der Waals surface area contributed by atoms with Gasteiger partial charge in [0.1, 0.15) is 11.9 Å². The number of nitriles is 1. The zero-order valence-corrected chi connectivity index (χ0v) is 18.1. The van der Waals surface area contributed by atoms with E-state index in [0.717, 1.165) is 54.4 Å². The summed E-state index contributed by atoms with van der Waals surface area (Å²) >= 11 is 3.60. The van der Waals surface area contributed by atoms with E-state index in [9.17, 15) is 4.79 Å². The van der Waals surface area contributed by atoms with Crippen molar-refractivity contribution in [3.8, 4) is 6.07 Å². The number of rotatable bonds is 6. The second-order valence-corrected chi connectivity index (χ2v) is 8.29. The molecule has 0 aliphatic heterocycles. The van der Waals surface area contributed by atoms with Gasteiger partial charge in [-0.2, -0.15) is 5.26 Å². The Balaban J connectivity index is 1.54. The van der Waals surface area contributed by atoms with Crippen LogP contribution in [0, 0.1) is 11.3 Å². The number of carbonyl (C=O) groups is 1. The monoisotopic (exact) mass is 447 g/mol. The smallest absolute Gasteiger partial charge is 0.219 e. The topological polar surface area (TPSA) is 85.4 Å². The molecule has 0 unspecified atom stereocenters. The lowest BCUT2D eigenvalue weighted by Crippen LogP contribution is -2.42. The first-order chi connectivity index (χ1) is 13.4. The van der Waals surface area contributed by atoms with Crippen LogP contribution in [0.3, 0.4) is 0 Å². The molecule has 3 rings (SSSR count). The number of nitrogens with one attached hydrogen (secondary N) is 1. The average Bonchev–Trinajstić information content (AvgIpc) is 3.12.